The number of ether oxygens (including phenoxy) is 3. The summed E-state index contributed by atoms with van der Waals surface area (Å²) in [5, 5.41) is 3.99. The van der Waals surface area contributed by atoms with Crippen LogP contribution in [0.4, 0.5) is 41.2 Å². The van der Waals surface area contributed by atoms with Crippen molar-refractivity contribution in [3.63, 3.8) is 0 Å². The van der Waals surface area contributed by atoms with Crippen molar-refractivity contribution >= 4 is 30.8 Å². The molecule has 2 amide bonds. The molecule has 0 bridgehead atoms. The monoisotopic (exact) mass is 665 g/mol. The highest BCUT2D eigenvalue weighted by Gasteiger charge is 2.39. The van der Waals surface area contributed by atoms with Gasteiger partial charge in [0.25, 0.3) is 0 Å². The number of nitrogens with one attached hydrogen (secondary N) is 2. The number of carbonyl (C=O) groups excluding carboxylic acids is 1. The van der Waals surface area contributed by atoms with Gasteiger partial charge in [-0.3, -0.25) is 4.90 Å². The van der Waals surface area contributed by atoms with Crippen LogP contribution in [0.25, 0.3) is 11.0 Å². The Morgan fingerprint density at radius 1 is 1.07 bits per heavy atom. The Hall–Kier alpha value is -3.41. The van der Waals surface area contributed by atoms with Crippen LogP contribution in [0.15, 0.2) is 30.6 Å². The molecule has 3 heterocycles. The average Bonchev–Trinajstić information content (AvgIpc) is 3.32. The number of urea groups is 1. The minimum absolute atomic E-state index is 0.171. The Morgan fingerprint density at radius 3 is 2.40 bits per heavy atom. The van der Waals surface area contributed by atoms with Gasteiger partial charge < -0.3 is 29.4 Å². The largest absolute Gasteiger partial charge is 0.453 e. The molecule has 248 valence electrons. The lowest BCUT2D eigenvalue weighted by Gasteiger charge is -2.26. The molecule has 9 nitrogen and oxygen atoms in total. The Kier molecular flexibility index (Phi) is 10.7. The fourth-order valence-corrected chi connectivity index (χ4v) is 5.30. The number of hydrogen-bond acceptors (Lipinski definition) is 6. The number of pyridine rings is 1. The standard InChI is InChI=1S/C28H34F7N5O4Si/c1-45(2,3)13-12-43-17-40-16-20(28(33,34)35)23-22(4-5-36-25(23)40)44-24-19(27(30,31)32)14-18(15-21(24)29)38-26(41)37-6-7-39-8-10-42-11-9-39/h4-5,14-16H,6-13,17H2,1-3H3,(H2,37,38,41). The van der Waals surface area contributed by atoms with Gasteiger partial charge in [-0.15, -0.1) is 0 Å². The van der Waals surface area contributed by atoms with Gasteiger partial charge in [-0.05, 0) is 18.2 Å². The first-order chi connectivity index (χ1) is 21.0. The lowest BCUT2D eigenvalue weighted by molar-refractivity contribution is -0.139. The Bertz CT molecular complexity index is 1490. The quantitative estimate of drug-likeness (QED) is 0.134. The summed E-state index contributed by atoms with van der Waals surface area (Å²) in [6.07, 6.45) is -8.38. The molecule has 0 saturated carbocycles. The van der Waals surface area contributed by atoms with Crippen LogP contribution in [0, 0.1) is 5.82 Å². The molecular weight excluding hydrogens is 631 g/mol. The van der Waals surface area contributed by atoms with Crippen molar-refractivity contribution in [2.24, 2.45) is 0 Å². The molecule has 2 N–H and O–H groups in total. The van der Waals surface area contributed by atoms with E-state index in [0.29, 0.717) is 51.6 Å². The molecule has 0 atom stereocenters. The zero-order chi connectivity index (χ0) is 33.0. The van der Waals surface area contributed by atoms with Gasteiger partial charge in [0, 0.05) is 65.0 Å². The van der Waals surface area contributed by atoms with Crippen molar-refractivity contribution in [2.75, 3.05) is 51.3 Å². The SMILES string of the molecule is C[Si](C)(C)CCOCn1cc(C(F)(F)F)c2c(Oc3c(F)cc(NC(=O)NCCN4CCOCC4)cc3C(F)(F)F)ccnc21. The molecule has 4 rings (SSSR count). The van der Waals surface area contributed by atoms with Crippen molar-refractivity contribution in [1.29, 1.82) is 0 Å². The van der Waals surface area contributed by atoms with E-state index in [9.17, 15) is 31.1 Å². The number of halogens is 7. The Balaban J connectivity index is 1.59. The molecule has 2 aromatic heterocycles. The second kappa shape index (κ2) is 13.9. The van der Waals surface area contributed by atoms with Crippen molar-refractivity contribution in [2.45, 2.75) is 44.8 Å². The molecule has 1 aromatic carbocycles. The van der Waals surface area contributed by atoms with Crippen LogP contribution in [0.1, 0.15) is 11.1 Å². The summed E-state index contributed by atoms with van der Waals surface area (Å²) >= 11 is 0. The highest BCUT2D eigenvalue weighted by Crippen LogP contribution is 2.45. The maximum absolute atomic E-state index is 15.2. The van der Waals surface area contributed by atoms with E-state index in [-0.39, 0.29) is 18.9 Å². The lowest BCUT2D eigenvalue weighted by atomic mass is 10.1. The van der Waals surface area contributed by atoms with E-state index in [1.807, 2.05) is 4.90 Å². The van der Waals surface area contributed by atoms with E-state index in [4.69, 9.17) is 14.2 Å². The summed E-state index contributed by atoms with van der Waals surface area (Å²) in [6.45, 7) is 9.36. The van der Waals surface area contributed by atoms with Crippen molar-refractivity contribution in [3.05, 3.63) is 47.5 Å². The summed E-state index contributed by atoms with van der Waals surface area (Å²) in [6, 6.07) is 1.83. The number of amides is 2. The number of hydrogen-bond donors (Lipinski definition) is 2. The highest BCUT2D eigenvalue weighted by atomic mass is 28.3. The summed E-state index contributed by atoms with van der Waals surface area (Å²) in [5.41, 5.74) is -3.68. The summed E-state index contributed by atoms with van der Waals surface area (Å²) < 4.78 is 117. The van der Waals surface area contributed by atoms with Crippen molar-refractivity contribution in [1.82, 2.24) is 19.8 Å². The fourth-order valence-electron chi connectivity index (χ4n) is 4.54. The molecule has 1 aliphatic heterocycles. The predicted molar refractivity (Wildman–Crippen MR) is 155 cm³/mol. The third-order valence-electron chi connectivity index (χ3n) is 6.89. The van der Waals surface area contributed by atoms with Gasteiger partial charge in [-0.2, -0.15) is 26.3 Å². The normalized spacial score (nSPS) is 15.0. The molecule has 3 aromatic rings. The maximum atomic E-state index is 15.2. The second-order valence-electron chi connectivity index (χ2n) is 11.6. The van der Waals surface area contributed by atoms with Gasteiger partial charge in [0.1, 0.15) is 23.7 Å². The van der Waals surface area contributed by atoms with E-state index in [2.05, 4.69) is 35.3 Å². The maximum Gasteiger partial charge on any atom is 0.420 e. The number of alkyl halides is 6. The summed E-state index contributed by atoms with van der Waals surface area (Å²) in [4.78, 5) is 18.3. The topological polar surface area (TPSA) is 89.9 Å². The van der Waals surface area contributed by atoms with E-state index in [1.54, 1.807) is 0 Å². The molecule has 1 aliphatic rings. The minimum atomic E-state index is -5.20. The van der Waals surface area contributed by atoms with Gasteiger partial charge in [0.05, 0.1) is 24.2 Å². The number of benzene rings is 1. The van der Waals surface area contributed by atoms with Gasteiger partial charge in [0.15, 0.2) is 11.6 Å². The van der Waals surface area contributed by atoms with E-state index < -0.39 is 66.0 Å². The zero-order valence-corrected chi connectivity index (χ0v) is 25.9. The van der Waals surface area contributed by atoms with Crippen LogP contribution in [-0.4, -0.2) is 74.6 Å². The number of fused-ring (bicyclic) bond motifs is 1. The minimum Gasteiger partial charge on any atom is -0.453 e. The third-order valence-corrected chi connectivity index (χ3v) is 8.59. The number of carbonyl (C=O) groups is 1. The van der Waals surface area contributed by atoms with Crippen LogP contribution in [0.3, 0.4) is 0 Å². The fraction of sp³-hybridized carbons (Fsp3) is 0.500. The van der Waals surface area contributed by atoms with Crippen LogP contribution < -0.4 is 15.4 Å². The first-order valence-corrected chi connectivity index (χ1v) is 17.8. The van der Waals surface area contributed by atoms with Crippen LogP contribution in [0.2, 0.25) is 25.7 Å². The highest BCUT2D eigenvalue weighted by molar-refractivity contribution is 6.76. The Morgan fingerprint density at radius 2 is 1.76 bits per heavy atom. The average molecular weight is 666 g/mol. The van der Waals surface area contributed by atoms with E-state index in [1.165, 1.54) is 0 Å². The number of anilines is 1. The first-order valence-electron chi connectivity index (χ1n) is 14.1. The van der Waals surface area contributed by atoms with Gasteiger partial charge >= 0.3 is 18.4 Å². The Labute approximate surface area is 255 Å². The number of rotatable bonds is 11. The van der Waals surface area contributed by atoms with Crippen molar-refractivity contribution in [3.8, 4) is 11.5 Å². The molecule has 1 fully saturated rings. The third kappa shape index (κ3) is 9.31. The summed E-state index contributed by atoms with van der Waals surface area (Å²) in [7, 11) is -1.49. The van der Waals surface area contributed by atoms with Crippen LogP contribution in [0.5, 0.6) is 11.5 Å². The van der Waals surface area contributed by atoms with Gasteiger partial charge in [0.2, 0.25) is 0 Å². The zero-order valence-electron chi connectivity index (χ0n) is 24.9. The first kappa shape index (κ1) is 34.5. The van der Waals surface area contributed by atoms with Crippen molar-refractivity contribution < 1.29 is 49.7 Å². The molecular formula is C28H34F7N5O4Si. The second-order valence-corrected chi connectivity index (χ2v) is 17.3. The molecule has 17 heteroatoms. The van der Waals surface area contributed by atoms with E-state index >= 15 is 4.39 Å². The lowest BCUT2D eigenvalue weighted by Crippen LogP contribution is -2.42. The molecule has 0 unspecified atom stereocenters. The molecule has 0 aliphatic carbocycles. The van der Waals surface area contributed by atoms with Gasteiger partial charge in [-0.1, -0.05) is 19.6 Å². The van der Waals surface area contributed by atoms with Crippen LogP contribution in [-0.2, 0) is 28.6 Å². The number of morpholine rings is 1. The molecule has 45 heavy (non-hydrogen) atoms. The molecule has 0 spiro atoms. The van der Waals surface area contributed by atoms with E-state index in [0.717, 1.165) is 29.1 Å². The van der Waals surface area contributed by atoms with Crippen LogP contribution >= 0.6 is 0 Å². The smallest absolute Gasteiger partial charge is 0.420 e. The molecule has 0 radical (unpaired) electrons. The van der Waals surface area contributed by atoms with Gasteiger partial charge in [-0.25, -0.2) is 14.2 Å². The summed E-state index contributed by atoms with van der Waals surface area (Å²) in [5.74, 6) is -3.61. The number of nitrogens with zero attached hydrogens (tertiary/aromatic N) is 3. The predicted octanol–water partition coefficient (Wildman–Crippen LogP) is 6.77. The number of aromatic nitrogens is 2. The molecule has 1 saturated heterocycles.